The topological polar surface area (TPSA) is 57.9 Å². The predicted molar refractivity (Wildman–Crippen MR) is 84.8 cm³/mol. The summed E-state index contributed by atoms with van der Waals surface area (Å²) in [5.74, 6) is 1.13. The maximum Gasteiger partial charge on any atom is 0.320 e. The van der Waals surface area contributed by atoms with Crippen LogP contribution in [0.25, 0.3) is 0 Å². The van der Waals surface area contributed by atoms with E-state index in [9.17, 15) is 4.79 Å². The van der Waals surface area contributed by atoms with Crippen molar-refractivity contribution in [3.8, 4) is 11.5 Å². The highest BCUT2D eigenvalue weighted by atomic mass is 79.9. The Morgan fingerprint density at radius 3 is 2.41 bits per heavy atom. The first kappa shape index (κ1) is 16.4. The van der Waals surface area contributed by atoms with E-state index in [1.807, 2.05) is 18.2 Å². The van der Waals surface area contributed by atoms with Crippen LogP contribution in [0, 0.1) is 0 Å². The number of halogens is 1. The summed E-state index contributed by atoms with van der Waals surface area (Å²) in [6, 6.07) is 9.08. The van der Waals surface area contributed by atoms with E-state index in [1.54, 1.807) is 32.6 Å². The predicted octanol–water partition coefficient (Wildman–Crippen LogP) is 3.37. The molecular formula is C16H17BrO5. The third kappa shape index (κ3) is 3.27. The number of carbonyl (C=O) groups is 1. The largest absolute Gasteiger partial charge is 0.493 e. The lowest BCUT2D eigenvalue weighted by molar-refractivity contribution is -0.140. The minimum atomic E-state index is -0.582. The number of esters is 1. The van der Waals surface area contributed by atoms with Gasteiger partial charge in [-0.2, -0.15) is 0 Å². The van der Waals surface area contributed by atoms with Gasteiger partial charge in [-0.1, -0.05) is 22.0 Å². The fourth-order valence-corrected chi connectivity index (χ4v) is 2.99. The summed E-state index contributed by atoms with van der Waals surface area (Å²) >= 11 is 3.40. The maximum atomic E-state index is 11.9. The summed E-state index contributed by atoms with van der Waals surface area (Å²) < 4.78 is 20.9. The van der Waals surface area contributed by atoms with Crippen LogP contribution >= 0.6 is 15.9 Å². The Kier molecular flexibility index (Phi) is 5.49. The Morgan fingerprint density at radius 1 is 1.14 bits per heavy atom. The van der Waals surface area contributed by atoms with Crippen molar-refractivity contribution in [1.29, 1.82) is 0 Å². The molecule has 6 heteroatoms. The zero-order chi connectivity index (χ0) is 16.1. The summed E-state index contributed by atoms with van der Waals surface area (Å²) in [5, 5.41) is 0. The summed E-state index contributed by atoms with van der Waals surface area (Å²) in [6.45, 7) is 0. The molecule has 1 heterocycles. The third-order valence-electron chi connectivity index (χ3n) is 3.34. The number of carbonyl (C=O) groups excluding carboxylic acids is 1. The summed E-state index contributed by atoms with van der Waals surface area (Å²) in [6.07, 6.45) is 1.57. The van der Waals surface area contributed by atoms with E-state index in [0.717, 1.165) is 5.56 Å². The molecule has 118 valence electrons. The number of benzene rings is 1. The average molecular weight is 369 g/mol. The third-order valence-corrected chi connectivity index (χ3v) is 4.24. The van der Waals surface area contributed by atoms with Gasteiger partial charge in [-0.15, -0.1) is 0 Å². The van der Waals surface area contributed by atoms with Crippen molar-refractivity contribution >= 4 is 21.9 Å². The van der Waals surface area contributed by atoms with E-state index in [1.165, 1.54) is 7.11 Å². The van der Waals surface area contributed by atoms with Crippen LogP contribution in [0.15, 0.2) is 41.0 Å². The highest BCUT2D eigenvalue weighted by Crippen LogP contribution is 2.37. The second kappa shape index (κ2) is 7.35. The molecule has 0 spiro atoms. The second-order valence-electron chi connectivity index (χ2n) is 4.53. The number of alkyl halides is 1. The monoisotopic (exact) mass is 368 g/mol. The zero-order valence-electron chi connectivity index (χ0n) is 12.5. The molecule has 0 fully saturated rings. The van der Waals surface area contributed by atoms with Gasteiger partial charge in [0.15, 0.2) is 11.5 Å². The molecule has 2 rings (SSSR count). The van der Waals surface area contributed by atoms with Crippen molar-refractivity contribution in [3.63, 3.8) is 0 Å². The molecule has 0 aliphatic carbocycles. The number of hydrogen-bond donors (Lipinski definition) is 0. The van der Waals surface area contributed by atoms with Crippen molar-refractivity contribution in [2.24, 2.45) is 0 Å². The number of rotatable bonds is 6. The molecule has 2 aromatic rings. The van der Waals surface area contributed by atoms with Gasteiger partial charge < -0.3 is 18.6 Å². The highest BCUT2D eigenvalue weighted by molar-refractivity contribution is 9.10. The first-order valence-electron chi connectivity index (χ1n) is 6.59. The quantitative estimate of drug-likeness (QED) is 0.577. The molecule has 1 aromatic heterocycles. The van der Waals surface area contributed by atoms with Crippen LogP contribution < -0.4 is 9.47 Å². The maximum absolute atomic E-state index is 11.9. The van der Waals surface area contributed by atoms with Gasteiger partial charge >= 0.3 is 5.97 Å². The van der Waals surface area contributed by atoms with Gasteiger partial charge in [0, 0.05) is 0 Å². The number of ether oxygens (including phenoxy) is 3. The van der Waals surface area contributed by atoms with Crippen molar-refractivity contribution in [2.45, 2.75) is 10.7 Å². The van der Waals surface area contributed by atoms with Gasteiger partial charge in [-0.05, 0) is 29.8 Å². The average Bonchev–Trinajstić information content (AvgIpc) is 3.07. The molecule has 0 amide bonds. The van der Waals surface area contributed by atoms with Crippen LogP contribution in [0.1, 0.15) is 17.2 Å². The first-order chi connectivity index (χ1) is 10.6. The van der Waals surface area contributed by atoms with E-state index in [2.05, 4.69) is 15.9 Å². The number of furan rings is 1. The summed E-state index contributed by atoms with van der Waals surface area (Å²) in [5.41, 5.74) is 0.847. The molecule has 0 aliphatic heterocycles. The molecule has 0 saturated heterocycles. The van der Waals surface area contributed by atoms with Gasteiger partial charge in [-0.3, -0.25) is 4.79 Å². The molecule has 2 atom stereocenters. The minimum Gasteiger partial charge on any atom is -0.493 e. The van der Waals surface area contributed by atoms with E-state index in [-0.39, 0.29) is 11.9 Å². The molecule has 5 nitrogen and oxygen atoms in total. The van der Waals surface area contributed by atoms with E-state index in [4.69, 9.17) is 18.6 Å². The zero-order valence-corrected chi connectivity index (χ0v) is 14.1. The number of methoxy groups -OCH3 is 3. The van der Waals surface area contributed by atoms with Gasteiger partial charge in [0.2, 0.25) is 0 Å². The second-order valence-corrected chi connectivity index (χ2v) is 5.52. The highest BCUT2D eigenvalue weighted by Gasteiger charge is 2.32. The summed E-state index contributed by atoms with van der Waals surface area (Å²) in [4.78, 5) is 11.4. The van der Waals surface area contributed by atoms with Crippen molar-refractivity contribution < 1.29 is 23.4 Å². The van der Waals surface area contributed by atoms with Crippen molar-refractivity contribution in [3.05, 3.63) is 47.9 Å². The van der Waals surface area contributed by atoms with Crippen LogP contribution in [0.2, 0.25) is 0 Å². The Labute approximate surface area is 137 Å². The van der Waals surface area contributed by atoms with Crippen LogP contribution in [0.3, 0.4) is 0 Å². The van der Waals surface area contributed by atoms with Crippen LogP contribution in [0.5, 0.6) is 11.5 Å². The minimum absolute atomic E-state index is 0.345. The Bertz CT molecular complexity index is 623. The normalized spacial score (nSPS) is 13.3. The molecule has 0 unspecified atom stereocenters. The molecule has 22 heavy (non-hydrogen) atoms. The lowest BCUT2D eigenvalue weighted by Crippen LogP contribution is -2.24. The van der Waals surface area contributed by atoms with Gasteiger partial charge in [0.1, 0.15) is 10.6 Å². The number of hydrogen-bond acceptors (Lipinski definition) is 5. The fourth-order valence-electron chi connectivity index (χ4n) is 2.24. The van der Waals surface area contributed by atoms with Gasteiger partial charge in [0.05, 0.1) is 33.5 Å². The molecule has 1 aromatic carbocycles. The van der Waals surface area contributed by atoms with Gasteiger partial charge in [-0.25, -0.2) is 0 Å². The molecular weight excluding hydrogens is 352 g/mol. The van der Waals surface area contributed by atoms with E-state index < -0.39 is 4.83 Å². The smallest absolute Gasteiger partial charge is 0.320 e. The van der Waals surface area contributed by atoms with Crippen LogP contribution in [-0.2, 0) is 9.53 Å². The first-order valence-corrected chi connectivity index (χ1v) is 7.51. The van der Waals surface area contributed by atoms with Gasteiger partial charge in [0.25, 0.3) is 0 Å². The van der Waals surface area contributed by atoms with Crippen LogP contribution in [0.4, 0.5) is 0 Å². The lowest BCUT2D eigenvalue weighted by atomic mass is 9.92. The molecule has 0 N–H and O–H groups in total. The lowest BCUT2D eigenvalue weighted by Gasteiger charge is -2.20. The fraction of sp³-hybridized carbons (Fsp3) is 0.312. The SMILES string of the molecule is COC(=O)[C@@H](Br)[C@H](c1ccc(OC)c(OC)c1)c1ccco1. The van der Waals surface area contributed by atoms with Crippen molar-refractivity contribution in [2.75, 3.05) is 21.3 Å². The van der Waals surface area contributed by atoms with Crippen LogP contribution in [-0.4, -0.2) is 32.1 Å². The molecule has 0 aliphatic rings. The standard InChI is InChI=1S/C16H17BrO5/c1-19-11-7-6-10(9-13(11)20-2)14(12-5-4-8-22-12)15(17)16(18)21-3/h4-9,14-15H,1-3H3/t14-,15+/m1/s1. The Balaban J connectivity index is 2.48. The molecule has 0 saturated carbocycles. The Hall–Kier alpha value is -1.95. The van der Waals surface area contributed by atoms with E-state index >= 15 is 0 Å². The van der Waals surface area contributed by atoms with E-state index in [0.29, 0.717) is 17.3 Å². The Morgan fingerprint density at radius 2 is 1.86 bits per heavy atom. The molecule has 0 bridgehead atoms. The molecule has 0 radical (unpaired) electrons. The van der Waals surface area contributed by atoms with Crippen molar-refractivity contribution in [1.82, 2.24) is 0 Å². The summed E-state index contributed by atoms with van der Waals surface area (Å²) in [7, 11) is 4.49.